The zero-order valence-electron chi connectivity index (χ0n) is 28.5. The van der Waals surface area contributed by atoms with Crippen molar-refractivity contribution in [3.05, 3.63) is 65.7 Å². The zero-order valence-corrected chi connectivity index (χ0v) is 29.3. The Labute approximate surface area is 283 Å². The van der Waals surface area contributed by atoms with Crippen LogP contribution in [0.3, 0.4) is 0 Å². The van der Waals surface area contributed by atoms with E-state index in [1.54, 1.807) is 38.1 Å². The minimum Gasteiger partial charge on any atom is -0.350 e. The molecule has 1 aliphatic heterocycles. The molecule has 5 amide bonds. The number of hydrogen-bond donors (Lipinski definition) is 4. The third-order valence-corrected chi connectivity index (χ3v) is 9.10. The first-order chi connectivity index (χ1) is 22.6. The Morgan fingerprint density at radius 2 is 1.56 bits per heavy atom. The van der Waals surface area contributed by atoms with Crippen molar-refractivity contribution in [3.63, 3.8) is 0 Å². The van der Waals surface area contributed by atoms with Gasteiger partial charge >= 0.3 is 0 Å². The van der Waals surface area contributed by atoms with Crippen LogP contribution >= 0.6 is 0 Å². The number of aryl methyl sites for hydroxylation is 1. The molecular weight excluding hydrogens is 636 g/mol. The van der Waals surface area contributed by atoms with E-state index in [9.17, 15) is 32.4 Å². The smallest absolute Gasteiger partial charge is 0.243 e. The number of hydrogen-bond acceptors (Lipinski definition) is 7. The molecule has 13 nitrogen and oxygen atoms in total. The molecule has 0 saturated carbocycles. The quantitative estimate of drug-likeness (QED) is 0.308. The van der Waals surface area contributed by atoms with E-state index in [0.717, 1.165) is 21.7 Å². The average Bonchev–Trinajstić information content (AvgIpc) is 3.01. The van der Waals surface area contributed by atoms with Gasteiger partial charge in [0.05, 0.1) is 18.5 Å². The monoisotopic (exact) mass is 684 g/mol. The van der Waals surface area contributed by atoms with E-state index in [2.05, 4.69) is 21.3 Å². The van der Waals surface area contributed by atoms with Crippen molar-refractivity contribution in [1.29, 1.82) is 0 Å². The molecule has 4 atom stereocenters. The van der Waals surface area contributed by atoms with Gasteiger partial charge in [-0.1, -0.05) is 63.2 Å². The molecule has 0 bridgehead atoms. The summed E-state index contributed by atoms with van der Waals surface area (Å²) < 4.78 is 26.6. The summed E-state index contributed by atoms with van der Waals surface area (Å²) in [4.78, 5) is 68.8. The number of nitrogens with one attached hydrogen (secondary N) is 4. The molecule has 1 aliphatic rings. The second-order valence-electron chi connectivity index (χ2n) is 12.7. The summed E-state index contributed by atoms with van der Waals surface area (Å²) in [5.41, 5.74) is 1.87. The Kier molecular flexibility index (Phi) is 13.5. The number of benzene rings is 2. The van der Waals surface area contributed by atoms with Gasteiger partial charge in [0.25, 0.3) is 0 Å². The Bertz CT molecular complexity index is 1570. The fourth-order valence-electron chi connectivity index (χ4n) is 5.36. The summed E-state index contributed by atoms with van der Waals surface area (Å²) in [6, 6.07) is 12.1. The molecular formula is C34H48N6O7S. The van der Waals surface area contributed by atoms with Crippen LogP contribution in [-0.2, 0) is 40.4 Å². The maximum absolute atomic E-state index is 13.8. The SMILES string of the molecule is CC[C@H]1CN(C(=O)CN(c2cccc(C)c2)S(C)(=O)=O)CC(=O)N[C@H](C)C(=O)N[C@@H](CC(C)C)C(=O)N[C@@H](Cc2ccccc2)C(=O)N1. The highest BCUT2D eigenvalue weighted by Gasteiger charge is 2.33. The molecule has 0 aromatic heterocycles. The van der Waals surface area contributed by atoms with Crippen LogP contribution in [-0.4, -0.2) is 92.9 Å². The van der Waals surface area contributed by atoms with Gasteiger partial charge < -0.3 is 26.2 Å². The van der Waals surface area contributed by atoms with Crippen molar-refractivity contribution >= 4 is 45.2 Å². The zero-order chi connectivity index (χ0) is 35.6. The Hall–Kier alpha value is -4.46. The van der Waals surface area contributed by atoms with Gasteiger partial charge in [0.15, 0.2) is 0 Å². The lowest BCUT2D eigenvalue weighted by Gasteiger charge is -2.31. The number of sulfonamides is 1. The van der Waals surface area contributed by atoms with Crippen molar-refractivity contribution < 1.29 is 32.4 Å². The molecule has 4 N–H and O–H groups in total. The maximum Gasteiger partial charge on any atom is 0.243 e. The fourth-order valence-corrected chi connectivity index (χ4v) is 6.20. The Balaban J connectivity index is 1.99. The third kappa shape index (κ3) is 11.4. The van der Waals surface area contributed by atoms with Crippen LogP contribution in [0.2, 0.25) is 0 Å². The summed E-state index contributed by atoms with van der Waals surface area (Å²) in [6.45, 7) is 7.61. The van der Waals surface area contributed by atoms with Crippen LogP contribution in [0.25, 0.3) is 0 Å². The molecule has 2 aromatic carbocycles. The molecule has 1 saturated heterocycles. The van der Waals surface area contributed by atoms with Gasteiger partial charge in [0.1, 0.15) is 24.7 Å². The Morgan fingerprint density at radius 3 is 2.17 bits per heavy atom. The molecule has 14 heteroatoms. The molecule has 2 aromatic rings. The third-order valence-electron chi connectivity index (χ3n) is 7.96. The molecule has 0 unspecified atom stereocenters. The molecule has 1 heterocycles. The number of anilines is 1. The largest absolute Gasteiger partial charge is 0.350 e. The van der Waals surface area contributed by atoms with Crippen LogP contribution in [0.5, 0.6) is 0 Å². The van der Waals surface area contributed by atoms with Crippen LogP contribution in [0.4, 0.5) is 5.69 Å². The lowest BCUT2D eigenvalue weighted by Crippen LogP contribution is -2.57. The highest BCUT2D eigenvalue weighted by molar-refractivity contribution is 7.92. The topological polar surface area (TPSA) is 174 Å². The van der Waals surface area contributed by atoms with E-state index in [1.165, 1.54) is 11.8 Å². The summed E-state index contributed by atoms with van der Waals surface area (Å²) in [5.74, 6) is -3.00. The van der Waals surface area contributed by atoms with Gasteiger partial charge in [0, 0.05) is 19.0 Å². The molecule has 0 aliphatic carbocycles. The van der Waals surface area contributed by atoms with E-state index in [0.29, 0.717) is 6.42 Å². The van der Waals surface area contributed by atoms with Crippen LogP contribution in [0.15, 0.2) is 54.6 Å². The lowest BCUT2D eigenvalue weighted by atomic mass is 10.0. The maximum atomic E-state index is 13.8. The predicted octanol–water partition coefficient (Wildman–Crippen LogP) is 1.26. The molecule has 262 valence electrons. The minimum atomic E-state index is -3.91. The van der Waals surface area contributed by atoms with Crippen molar-refractivity contribution in [3.8, 4) is 0 Å². The van der Waals surface area contributed by atoms with Crippen LogP contribution in [0, 0.1) is 12.8 Å². The van der Waals surface area contributed by atoms with Crippen molar-refractivity contribution in [2.24, 2.45) is 5.92 Å². The van der Waals surface area contributed by atoms with Gasteiger partial charge in [0.2, 0.25) is 39.6 Å². The molecule has 1 fully saturated rings. The average molecular weight is 685 g/mol. The normalized spacial score (nSPS) is 21.7. The number of amides is 5. The van der Waals surface area contributed by atoms with Gasteiger partial charge in [-0.05, 0) is 55.9 Å². The van der Waals surface area contributed by atoms with Crippen LogP contribution < -0.4 is 25.6 Å². The van der Waals surface area contributed by atoms with E-state index in [4.69, 9.17) is 0 Å². The first-order valence-electron chi connectivity index (χ1n) is 16.1. The summed E-state index contributed by atoms with van der Waals surface area (Å²) in [5, 5.41) is 11.0. The van der Waals surface area contributed by atoms with Crippen molar-refractivity contribution in [1.82, 2.24) is 26.2 Å². The second-order valence-corrected chi connectivity index (χ2v) is 14.6. The molecule has 0 radical (unpaired) electrons. The van der Waals surface area contributed by atoms with Crippen molar-refractivity contribution in [2.45, 2.75) is 78.0 Å². The highest BCUT2D eigenvalue weighted by atomic mass is 32.2. The van der Waals surface area contributed by atoms with Gasteiger partial charge in [-0.15, -0.1) is 0 Å². The van der Waals surface area contributed by atoms with Gasteiger partial charge in [-0.2, -0.15) is 0 Å². The molecule has 48 heavy (non-hydrogen) atoms. The van der Waals surface area contributed by atoms with Crippen molar-refractivity contribution in [2.75, 3.05) is 30.2 Å². The number of rotatable bonds is 9. The summed E-state index contributed by atoms with van der Waals surface area (Å²) >= 11 is 0. The fraction of sp³-hybridized carbons (Fsp3) is 0.500. The van der Waals surface area contributed by atoms with E-state index >= 15 is 0 Å². The van der Waals surface area contributed by atoms with E-state index < -0.39 is 76.8 Å². The van der Waals surface area contributed by atoms with E-state index in [-0.39, 0.29) is 31.0 Å². The summed E-state index contributed by atoms with van der Waals surface area (Å²) in [6.07, 6.45) is 1.79. The van der Waals surface area contributed by atoms with Gasteiger partial charge in [-0.25, -0.2) is 8.42 Å². The number of carbonyl (C=O) groups is 5. The second kappa shape index (κ2) is 17.1. The highest BCUT2D eigenvalue weighted by Crippen LogP contribution is 2.19. The number of carbonyl (C=O) groups excluding carboxylic acids is 5. The first-order valence-corrected chi connectivity index (χ1v) is 18.0. The summed E-state index contributed by atoms with van der Waals surface area (Å²) in [7, 11) is -3.91. The first kappa shape index (κ1) is 38.0. The van der Waals surface area contributed by atoms with E-state index in [1.807, 2.05) is 44.2 Å². The van der Waals surface area contributed by atoms with Crippen LogP contribution in [0.1, 0.15) is 51.7 Å². The predicted molar refractivity (Wildman–Crippen MR) is 183 cm³/mol. The molecule has 3 rings (SSSR count). The minimum absolute atomic E-state index is 0.0183. The standard InChI is InChI=1S/C34H48N6O7S/c1-7-26-19-39(31(42)21-40(48(6,46)47)27-15-11-12-23(4)17-27)20-30(41)35-24(5)32(43)37-28(16-22(2)3)34(45)38-29(33(44)36-26)18-25-13-9-8-10-14-25/h8-15,17,22,24,26,28-29H,7,16,18-21H2,1-6H3,(H,35,41)(H,36,44)(H,37,43)(H,38,45)/t24-,26+,28+,29+/m1/s1. The lowest BCUT2D eigenvalue weighted by molar-refractivity contribution is -0.136. The Morgan fingerprint density at radius 1 is 0.917 bits per heavy atom. The number of nitrogens with zero attached hydrogens (tertiary/aromatic N) is 2. The molecule has 0 spiro atoms. The van der Waals surface area contributed by atoms with Gasteiger partial charge in [-0.3, -0.25) is 28.3 Å².